The van der Waals surface area contributed by atoms with Crippen LogP contribution in [0.5, 0.6) is 0 Å². The first-order valence-corrected chi connectivity index (χ1v) is 6.73. The molecule has 2 fully saturated rings. The fourth-order valence-electron chi connectivity index (χ4n) is 3.21. The molecule has 3 nitrogen and oxygen atoms in total. The van der Waals surface area contributed by atoms with Gasteiger partial charge in [-0.2, -0.15) is 0 Å². The van der Waals surface area contributed by atoms with Gasteiger partial charge in [0.15, 0.2) is 0 Å². The molecule has 16 heavy (non-hydrogen) atoms. The van der Waals surface area contributed by atoms with E-state index in [0.717, 1.165) is 38.9 Å². The fourth-order valence-corrected chi connectivity index (χ4v) is 3.21. The molecule has 2 aliphatic rings. The van der Waals surface area contributed by atoms with Crippen molar-refractivity contribution in [2.24, 2.45) is 5.92 Å². The lowest BCUT2D eigenvalue weighted by Crippen LogP contribution is -2.53. The van der Waals surface area contributed by atoms with Crippen LogP contribution in [0.2, 0.25) is 0 Å². The maximum atomic E-state index is 10.5. The van der Waals surface area contributed by atoms with E-state index in [2.05, 4.69) is 4.90 Å². The van der Waals surface area contributed by atoms with Gasteiger partial charge >= 0.3 is 0 Å². The van der Waals surface area contributed by atoms with Gasteiger partial charge in [-0.05, 0) is 32.6 Å². The largest absolute Gasteiger partial charge is 0.393 e. The normalized spacial score (nSPS) is 38.1. The molecule has 0 radical (unpaired) electrons. The van der Waals surface area contributed by atoms with Gasteiger partial charge in [0.25, 0.3) is 0 Å². The first kappa shape index (κ1) is 12.3. The second kappa shape index (κ2) is 5.03. The number of aliphatic hydroxyl groups is 2. The number of rotatable bonds is 3. The topological polar surface area (TPSA) is 43.7 Å². The van der Waals surface area contributed by atoms with Crippen molar-refractivity contribution in [2.75, 3.05) is 19.6 Å². The molecule has 0 amide bonds. The van der Waals surface area contributed by atoms with Crippen LogP contribution in [0.15, 0.2) is 0 Å². The smallest absolute Gasteiger partial charge is 0.0700 e. The van der Waals surface area contributed by atoms with Gasteiger partial charge in [-0.25, -0.2) is 0 Å². The van der Waals surface area contributed by atoms with Gasteiger partial charge in [-0.3, -0.25) is 0 Å². The minimum absolute atomic E-state index is 0.202. The summed E-state index contributed by atoms with van der Waals surface area (Å²) >= 11 is 0. The van der Waals surface area contributed by atoms with E-state index in [1.54, 1.807) is 0 Å². The minimum atomic E-state index is -0.362. The van der Waals surface area contributed by atoms with E-state index in [9.17, 15) is 10.2 Å². The van der Waals surface area contributed by atoms with E-state index in [1.807, 2.05) is 6.92 Å². The molecule has 0 aromatic heterocycles. The van der Waals surface area contributed by atoms with Crippen LogP contribution in [0.1, 0.15) is 45.4 Å². The summed E-state index contributed by atoms with van der Waals surface area (Å²) in [5, 5.41) is 19.8. The van der Waals surface area contributed by atoms with Crippen LogP contribution < -0.4 is 0 Å². The van der Waals surface area contributed by atoms with E-state index >= 15 is 0 Å². The Morgan fingerprint density at radius 3 is 2.94 bits per heavy atom. The molecule has 1 heterocycles. The number of piperidine rings is 1. The van der Waals surface area contributed by atoms with E-state index in [4.69, 9.17) is 0 Å². The van der Waals surface area contributed by atoms with Crippen molar-refractivity contribution < 1.29 is 10.2 Å². The molecule has 2 rings (SSSR count). The first-order valence-electron chi connectivity index (χ1n) is 6.73. The zero-order valence-electron chi connectivity index (χ0n) is 10.4. The van der Waals surface area contributed by atoms with Gasteiger partial charge in [0.1, 0.15) is 0 Å². The van der Waals surface area contributed by atoms with Gasteiger partial charge < -0.3 is 15.1 Å². The number of fused-ring (bicyclic) bond motifs is 1. The minimum Gasteiger partial charge on any atom is -0.393 e. The molecule has 0 aromatic rings. The molecule has 94 valence electrons. The Labute approximate surface area is 98.5 Å². The van der Waals surface area contributed by atoms with Gasteiger partial charge in [-0.1, -0.05) is 12.8 Å². The summed E-state index contributed by atoms with van der Waals surface area (Å²) in [4.78, 5) is 2.41. The Morgan fingerprint density at radius 1 is 1.38 bits per heavy atom. The molecule has 1 aliphatic carbocycles. The Hall–Kier alpha value is -0.120. The third-order valence-electron chi connectivity index (χ3n) is 4.37. The molecule has 1 aliphatic heterocycles. The Kier molecular flexibility index (Phi) is 3.88. The van der Waals surface area contributed by atoms with Crippen molar-refractivity contribution in [1.29, 1.82) is 0 Å². The quantitative estimate of drug-likeness (QED) is 0.765. The highest BCUT2D eigenvalue weighted by molar-refractivity contribution is 4.95. The van der Waals surface area contributed by atoms with Crippen LogP contribution in [-0.2, 0) is 0 Å². The summed E-state index contributed by atoms with van der Waals surface area (Å²) in [5.74, 6) is 0.476. The van der Waals surface area contributed by atoms with Crippen LogP contribution in [0.3, 0.4) is 0 Å². The summed E-state index contributed by atoms with van der Waals surface area (Å²) in [6.45, 7) is 4.86. The number of nitrogens with zero attached hydrogens (tertiary/aromatic N) is 1. The van der Waals surface area contributed by atoms with Gasteiger partial charge in [-0.15, -0.1) is 0 Å². The second-order valence-electron chi connectivity index (χ2n) is 5.73. The molecule has 0 aromatic carbocycles. The van der Waals surface area contributed by atoms with Crippen molar-refractivity contribution >= 4 is 0 Å². The monoisotopic (exact) mass is 227 g/mol. The molecule has 3 unspecified atom stereocenters. The average Bonchev–Trinajstić information content (AvgIpc) is 2.26. The third kappa shape index (κ3) is 2.76. The molecule has 2 N–H and O–H groups in total. The third-order valence-corrected chi connectivity index (χ3v) is 4.37. The van der Waals surface area contributed by atoms with Crippen LogP contribution in [0, 0.1) is 5.92 Å². The predicted octanol–water partition coefficient (Wildman–Crippen LogP) is 1.38. The van der Waals surface area contributed by atoms with Crippen molar-refractivity contribution in [1.82, 2.24) is 4.90 Å². The van der Waals surface area contributed by atoms with E-state index in [1.165, 1.54) is 19.3 Å². The molecule has 0 bridgehead atoms. The molecule has 3 atom stereocenters. The van der Waals surface area contributed by atoms with Gasteiger partial charge in [0.05, 0.1) is 11.7 Å². The summed E-state index contributed by atoms with van der Waals surface area (Å²) in [7, 11) is 0. The highest BCUT2D eigenvalue weighted by Gasteiger charge is 2.42. The van der Waals surface area contributed by atoms with Crippen LogP contribution >= 0.6 is 0 Å². The summed E-state index contributed by atoms with van der Waals surface area (Å²) in [6.07, 6.45) is 6.23. The maximum absolute atomic E-state index is 10.5. The van der Waals surface area contributed by atoms with Crippen LogP contribution in [0.25, 0.3) is 0 Å². The van der Waals surface area contributed by atoms with E-state index in [0.29, 0.717) is 5.92 Å². The van der Waals surface area contributed by atoms with Gasteiger partial charge in [0.2, 0.25) is 0 Å². The highest BCUT2D eigenvalue weighted by Crippen LogP contribution is 2.39. The van der Waals surface area contributed by atoms with Crippen LogP contribution in [0.4, 0.5) is 0 Å². The number of hydrogen-bond acceptors (Lipinski definition) is 3. The van der Waals surface area contributed by atoms with Crippen molar-refractivity contribution in [3.05, 3.63) is 0 Å². The number of aliphatic hydroxyl groups excluding tert-OH is 1. The summed E-state index contributed by atoms with van der Waals surface area (Å²) < 4.78 is 0. The molecular formula is C13H25NO2. The van der Waals surface area contributed by atoms with E-state index in [-0.39, 0.29) is 11.7 Å². The summed E-state index contributed by atoms with van der Waals surface area (Å²) in [6, 6.07) is 0. The Balaban J connectivity index is 1.84. The SMILES string of the molecule is CC(O)CCN1CCC2(O)CCCCC2C1. The first-order chi connectivity index (χ1) is 7.60. The lowest BCUT2D eigenvalue weighted by atomic mass is 9.71. The van der Waals surface area contributed by atoms with Crippen molar-refractivity contribution in [3.8, 4) is 0 Å². The fraction of sp³-hybridized carbons (Fsp3) is 1.00. The Morgan fingerprint density at radius 2 is 2.19 bits per heavy atom. The van der Waals surface area contributed by atoms with E-state index < -0.39 is 0 Å². The predicted molar refractivity (Wildman–Crippen MR) is 64.3 cm³/mol. The average molecular weight is 227 g/mol. The zero-order chi connectivity index (χ0) is 11.6. The zero-order valence-corrected chi connectivity index (χ0v) is 10.4. The van der Waals surface area contributed by atoms with Crippen LogP contribution in [-0.4, -0.2) is 46.5 Å². The maximum Gasteiger partial charge on any atom is 0.0700 e. The molecule has 1 saturated heterocycles. The van der Waals surface area contributed by atoms with Gasteiger partial charge in [0, 0.05) is 25.6 Å². The molecule has 1 saturated carbocycles. The highest BCUT2D eigenvalue weighted by atomic mass is 16.3. The lowest BCUT2D eigenvalue weighted by Gasteiger charge is -2.47. The number of hydrogen-bond donors (Lipinski definition) is 2. The Bertz CT molecular complexity index is 232. The molecule has 0 spiro atoms. The summed E-state index contributed by atoms with van der Waals surface area (Å²) in [5.41, 5.74) is -0.362. The molecule has 3 heteroatoms. The lowest BCUT2D eigenvalue weighted by molar-refractivity contribution is -0.0961. The molecular weight excluding hydrogens is 202 g/mol. The van der Waals surface area contributed by atoms with Crippen molar-refractivity contribution in [3.63, 3.8) is 0 Å². The second-order valence-corrected chi connectivity index (χ2v) is 5.73. The standard InChI is InChI=1S/C13H25NO2/c1-11(15)5-8-14-9-7-13(16)6-3-2-4-12(13)10-14/h11-12,15-16H,2-10H2,1H3. The number of likely N-dealkylation sites (tertiary alicyclic amines) is 1. The van der Waals surface area contributed by atoms with Crippen molar-refractivity contribution in [2.45, 2.75) is 57.2 Å².